The van der Waals surface area contributed by atoms with Crippen molar-refractivity contribution in [3.05, 3.63) is 35.6 Å². The Morgan fingerprint density at radius 2 is 1.86 bits per heavy atom. The number of hydrazine groups is 1. The van der Waals surface area contributed by atoms with Crippen LogP contribution in [0.15, 0.2) is 24.3 Å². The van der Waals surface area contributed by atoms with Gasteiger partial charge in [0.25, 0.3) is 0 Å². The molecule has 2 saturated heterocycles. The number of hydrogen-bond acceptors (Lipinski definition) is 4. The first kappa shape index (κ1) is 19.8. The van der Waals surface area contributed by atoms with Crippen molar-refractivity contribution in [1.29, 1.82) is 0 Å². The van der Waals surface area contributed by atoms with E-state index in [0.717, 1.165) is 25.9 Å². The first-order chi connectivity index (χ1) is 13.7. The molecule has 1 aromatic rings. The van der Waals surface area contributed by atoms with Crippen LogP contribution in [-0.4, -0.2) is 42.5 Å². The maximum absolute atomic E-state index is 14.2. The van der Waals surface area contributed by atoms with Gasteiger partial charge >= 0.3 is 0 Å². The highest BCUT2D eigenvalue weighted by atomic mass is 19.1. The molecule has 1 saturated carbocycles. The molecule has 0 aromatic heterocycles. The Labute approximate surface area is 167 Å². The molecule has 154 valence electrons. The molecule has 3 atom stereocenters. The fourth-order valence-corrected chi connectivity index (χ4v) is 5.15. The summed E-state index contributed by atoms with van der Waals surface area (Å²) in [5.41, 5.74) is 6.69. The summed E-state index contributed by atoms with van der Waals surface area (Å²) in [5, 5.41) is 3.28. The van der Waals surface area contributed by atoms with Gasteiger partial charge in [-0.1, -0.05) is 43.9 Å². The summed E-state index contributed by atoms with van der Waals surface area (Å²) in [6.07, 6.45) is 10.2. The number of carbonyl (C=O) groups is 1. The van der Waals surface area contributed by atoms with Crippen molar-refractivity contribution in [2.24, 2.45) is 5.92 Å². The van der Waals surface area contributed by atoms with Crippen LogP contribution in [0.3, 0.4) is 0 Å². The van der Waals surface area contributed by atoms with Crippen molar-refractivity contribution < 1.29 is 9.18 Å². The number of carbonyl (C=O) groups excluding carboxylic acids is 1. The third kappa shape index (κ3) is 4.56. The molecule has 3 aliphatic rings. The lowest BCUT2D eigenvalue weighted by Gasteiger charge is -2.38. The lowest BCUT2D eigenvalue weighted by atomic mass is 9.93. The van der Waals surface area contributed by atoms with Gasteiger partial charge in [-0.05, 0) is 38.3 Å². The number of nitrogens with one attached hydrogen (secondary N) is 3. The second kappa shape index (κ2) is 9.33. The maximum Gasteiger partial charge on any atom is 0.226 e. The molecule has 3 fully saturated rings. The van der Waals surface area contributed by atoms with Gasteiger partial charge in [0.05, 0.1) is 12.0 Å². The molecule has 3 unspecified atom stereocenters. The number of benzene rings is 1. The summed E-state index contributed by atoms with van der Waals surface area (Å²) >= 11 is 0. The molecule has 0 spiro atoms. The molecule has 6 heteroatoms. The molecular weight excluding hydrogens is 355 g/mol. The van der Waals surface area contributed by atoms with E-state index in [2.05, 4.69) is 21.1 Å². The Balaban J connectivity index is 1.36. The minimum absolute atomic E-state index is 0.0264. The zero-order chi connectivity index (χ0) is 19.3. The molecule has 0 radical (unpaired) electrons. The van der Waals surface area contributed by atoms with Crippen LogP contribution in [0.5, 0.6) is 0 Å². The number of likely N-dealkylation sites (tertiary alicyclic amines) is 1. The fourth-order valence-electron chi connectivity index (χ4n) is 5.15. The zero-order valence-corrected chi connectivity index (χ0v) is 16.6. The summed E-state index contributed by atoms with van der Waals surface area (Å²) in [6.45, 7) is 2.62. The van der Waals surface area contributed by atoms with Gasteiger partial charge in [0.1, 0.15) is 5.82 Å². The first-order valence-electron chi connectivity index (χ1n) is 11.0. The number of hydrogen-bond donors (Lipinski definition) is 3. The monoisotopic (exact) mass is 388 g/mol. The van der Waals surface area contributed by atoms with E-state index in [-0.39, 0.29) is 29.7 Å². The Morgan fingerprint density at radius 1 is 1.07 bits per heavy atom. The number of piperidine rings is 1. The number of halogens is 1. The van der Waals surface area contributed by atoms with E-state index in [4.69, 9.17) is 0 Å². The smallest absolute Gasteiger partial charge is 0.226 e. The maximum atomic E-state index is 14.2. The van der Waals surface area contributed by atoms with Gasteiger partial charge < -0.3 is 5.32 Å². The highest BCUT2D eigenvalue weighted by molar-refractivity contribution is 5.80. The average molecular weight is 389 g/mol. The molecular formula is C22H33FN4O. The van der Waals surface area contributed by atoms with Crippen LogP contribution in [0.25, 0.3) is 0 Å². The molecule has 3 N–H and O–H groups in total. The minimum atomic E-state index is -0.331. The molecule has 1 aromatic carbocycles. The minimum Gasteiger partial charge on any atom is -0.352 e. The molecule has 28 heavy (non-hydrogen) atoms. The van der Waals surface area contributed by atoms with E-state index in [1.54, 1.807) is 12.1 Å². The standard InChI is InChI=1S/C22H33FN4O/c23-20-12-6-5-11-18(20)21-19(14-24-26-21)22(28)25-16-8-7-13-27(15-16)17-9-3-1-2-4-10-17/h5-6,11-12,16-17,19,21,24,26H,1-4,7-10,13-15H2,(H,25,28). The van der Waals surface area contributed by atoms with Crippen molar-refractivity contribution in [1.82, 2.24) is 21.1 Å². The molecule has 2 aliphatic heterocycles. The molecule has 4 rings (SSSR count). The van der Waals surface area contributed by atoms with Crippen LogP contribution in [0.2, 0.25) is 0 Å². The first-order valence-corrected chi connectivity index (χ1v) is 11.0. The lowest BCUT2D eigenvalue weighted by molar-refractivity contribution is -0.126. The summed E-state index contributed by atoms with van der Waals surface area (Å²) in [6, 6.07) is 7.27. The topological polar surface area (TPSA) is 56.4 Å². The van der Waals surface area contributed by atoms with Gasteiger partial charge in [-0.15, -0.1) is 0 Å². The molecule has 1 amide bonds. The molecule has 2 heterocycles. The van der Waals surface area contributed by atoms with Gasteiger partial charge in [-0.2, -0.15) is 0 Å². The second-order valence-corrected chi connectivity index (χ2v) is 8.62. The van der Waals surface area contributed by atoms with E-state index < -0.39 is 0 Å². The van der Waals surface area contributed by atoms with E-state index in [1.165, 1.54) is 44.6 Å². The van der Waals surface area contributed by atoms with Crippen LogP contribution < -0.4 is 16.2 Å². The molecule has 5 nitrogen and oxygen atoms in total. The van der Waals surface area contributed by atoms with E-state index in [1.807, 2.05) is 6.07 Å². The average Bonchev–Trinajstić information content (AvgIpc) is 3.03. The Bertz CT molecular complexity index is 662. The Hall–Kier alpha value is -1.50. The normalized spacial score (nSPS) is 30.1. The summed E-state index contributed by atoms with van der Waals surface area (Å²) < 4.78 is 14.2. The van der Waals surface area contributed by atoms with Crippen LogP contribution in [0.4, 0.5) is 4.39 Å². The van der Waals surface area contributed by atoms with Crippen molar-refractivity contribution in [3.8, 4) is 0 Å². The second-order valence-electron chi connectivity index (χ2n) is 8.62. The largest absolute Gasteiger partial charge is 0.352 e. The van der Waals surface area contributed by atoms with Crippen LogP contribution >= 0.6 is 0 Å². The quantitative estimate of drug-likeness (QED) is 0.695. The van der Waals surface area contributed by atoms with Crippen LogP contribution in [-0.2, 0) is 4.79 Å². The van der Waals surface area contributed by atoms with Gasteiger partial charge in [-0.25, -0.2) is 9.82 Å². The number of amides is 1. The third-order valence-electron chi connectivity index (χ3n) is 6.70. The SMILES string of the molecule is O=C(NC1CCCN(C2CCCCCC2)C1)C1CNNC1c1ccccc1F. The summed E-state index contributed by atoms with van der Waals surface area (Å²) in [4.78, 5) is 15.6. The van der Waals surface area contributed by atoms with Gasteiger partial charge in [0.15, 0.2) is 0 Å². The number of rotatable bonds is 4. The predicted octanol–water partition coefficient (Wildman–Crippen LogP) is 2.89. The lowest BCUT2D eigenvalue weighted by Crippen LogP contribution is -2.52. The van der Waals surface area contributed by atoms with E-state index in [0.29, 0.717) is 18.2 Å². The van der Waals surface area contributed by atoms with Crippen molar-refractivity contribution in [3.63, 3.8) is 0 Å². The van der Waals surface area contributed by atoms with Crippen LogP contribution in [0, 0.1) is 11.7 Å². The number of nitrogens with zero attached hydrogens (tertiary/aromatic N) is 1. The fraction of sp³-hybridized carbons (Fsp3) is 0.682. The van der Waals surface area contributed by atoms with Crippen molar-refractivity contribution in [2.75, 3.05) is 19.6 Å². The Kier molecular flexibility index (Phi) is 6.60. The Morgan fingerprint density at radius 3 is 2.64 bits per heavy atom. The van der Waals surface area contributed by atoms with Crippen LogP contribution in [0.1, 0.15) is 63.0 Å². The van der Waals surface area contributed by atoms with Crippen molar-refractivity contribution in [2.45, 2.75) is 69.5 Å². The summed E-state index contributed by atoms with van der Waals surface area (Å²) in [7, 11) is 0. The highest BCUT2D eigenvalue weighted by Gasteiger charge is 2.37. The molecule has 0 bridgehead atoms. The van der Waals surface area contributed by atoms with Gasteiger partial charge in [-0.3, -0.25) is 15.1 Å². The van der Waals surface area contributed by atoms with Gasteiger partial charge in [0, 0.05) is 30.7 Å². The zero-order valence-electron chi connectivity index (χ0n) is 16.6. The van der Waals surface area contributed by atoms with Gasteiger partial charge in [0.2, 0.25) is 5.91 Å². The predicted molar refractivity (Wildman–Crippen MR) is 108 cm³/mol. The van der Waals surface area contributed by atoms with Crippen molar-refractivity contribution >= 4 is 5.91 Å². The highest BCUT2D eigenvalue weighted by Crippen LogP contribution is 2.28. The van der Waals surface area contributed by atoms with E-state index >= 15 is 0 Å². The van der Waals surface area contributed by atoms with E-state index in [9.17, 15) is 9.18 Å². The third-order valence-corrected chi connectivity index (χ3v) is 6.70. The molecule has 1 aliphatic carbocycles. The summed E-state index contributed by atoms with van der Waals surface area (Å²) in [5.74, 6) is -0.540.